The predicted octanol–water partition coefficient (Wildman–Crippen LogP) is 2.54. The van der Waals surface area contributed by atoms with Crippen LogP contribution in [0.3, 0.4) is 0 Å². The highest BCUT2D eigenvalue weighted by molar-refractivity contribution is 6.31. The van der Waals surface area contributed by atoms with Gasteiger partial charge in [0.15, 0.2) is 0 Å². The summed E-state index contributed by atoms with van der Waals surface area (Å²) in [5.41, 5.74) is 2.54. The van der Waals surface area contributed by atoms with Gasteiger partial charge >= 0.3 is 0 Å². The number of rotatable bonds is 4. The molecule has 1 aromatic rings. The highest BCUT2D eigenvalue weighted by atomic mass is 35.5. The minimum Gasteiger partial charge on any atom is -0.352 e. The van der Waals surface area contributed by atoms with Crippen molar-refractivity contribution < 1.29 is 4.79 Å². The van der Waals surface area contributed by atoms with Gasteiger partial charge in [0.05, 0.1) is 6.54 Å². The van der Waals surface area contributed by atoms with Gasteiger partial charge in [-0.2, -0.15) is 0 Å². The number of nitrogens with zero attached hydrogens (tertiary/aromatic N) is 1. The molecule has 2 aliphatic carbocycles. The molecule has 1 atom stereocenters. The van der Waals surface area contributed by atoms with E-state index in [-0.39, 0.29) is 5.91 Å². The van der Waals surface area contributed by atoms with Gasteiger partial charge in [-0.15, -0.1) is 0 Å². The first-order valence-corrected chi connectivity index (χ1v) is 7.30. The van der Waals surface area contributed by atoms with E-state index in [9.17, 15) is 4.79 Å². The number of halogens is 1. The van der Waals surface area contributed by atoms with Gasteiger partial charge in [0.25, 0.3) is 0 Å². The van der Waals surface area contributed by atoms with E-state index in [0.29, 0.717) is 18.6 Å². The molecule has 0 heterocycles. The first-order valence-electron chi connectivity index (χ1n) is 6.92. The average molecular weight is 279 g/mol. The second-order valence-electron chi connectivity index (χ2n) is 5.62. The molecule has 2 aliphatic rings. The number of carbonyl (C=O) groups excluding carboxylic acids is 1. The largest absolute Gasteiger partial charge is 0.352 e. The summed E-state index contributed by atoms with van der Waals surface area (Å²) in [6, 6.07) is 6.83. The Labute approximate surface area is 118 Å². The molecule has 0 aliphatic heterocycles. The van der Waals surface area contributed by atoms with Crippen LogP contribution in [0.4, 0.5) is 0 Å². The van der Waals surface area contributed by atoms with E-state index in [1.807, 2.05) is 19.2 Å². The van der Waals surface area contributed by atoms with E-state index >= 15 is 0 Å². The van der Waals surface area contributed by atoms with E-state index in [2.05, 4.69) is 16.3 Å². The van der Waals surface area contributed by atoms with Crippen molar-refractivity contribution in [1.29, 1.82) is 0 Å². The van der Waals surface area contributed by atoms with Crippen molar-refractivity contribution in [2.75, 3.05) is 13.6 Å². The molecule has 0 saturated heterocycles. The maximum atomic E-state index is 11.9. The number of amides is 1. The van der Waals surface area contributed by atoms with E-state index in [1.54, 1.807) is 0 Å². The first kappa shape index (κ1) is 12.9. The molecule has 19 heavy (non-hydrogen) atoms. The van der Waals surface area contributed by atoms with Crippen molar-refractivity contribution in [3.8, 4) is 0 Å². The molecular weight excluding hydrogens is 260 g/mol. The van der Waals surface area contributed by atoms with Crippen LogP contribution in [0.5, 0.6) is 0 Å². The zero-order valence-corrected chi connectivity index (χ0v) is 11.9. The van der Waals surface area contributed by atoms with Crippen LogP contribution in [0.1, 0.15) is 36.4 Å². The maximum Gasteiger partial charge on any atom is 0.234 e. The van der Waals surface area contributed by atoms with Gasteiger partial charge in [0.1, 0.15) is 0 Å². The SMILES string of the molecule is CN(CC(=O)NC1CC1)[C@@H]1CCc2c(Cl)cccc21. The Balaban J connectivity index is 1.67. The van der Waals surface area contributed by atoms with Crippen LogP contribution in [-0.2, 0) is 11.2 Å². The third-order valence-corrected chi connectivity index (χ3v) is 4.40. The van der Waals surface area contributed by atoms with Crippen LogP contribution >= 0.6 is 11.6 Å². The van der Waals surface area contributed by atoms with Crippen LogP contribution < -0.4 is 5.32 Å². The van der Waals surface area contributed by atoms with Gasteiger partial charge in [0.2, 0.25) is 5.91 Å². The number of benzene rings is 1. The van der Waals surface area contributed by atoms with Gasteiger partial charge in [0, 0.05) is 17.1 Å². The summed E-state index contributed by atoms with van der Waals surface area (Å²) in [6.45, 7) is 0.465. The molecule has 3 nitrogen and oxygen atoms in total. The average Bonchev–Trinajstić information content (AvgIpc) is 3.06. The fourth-order valence-electron chi connectivity index (χ4n) is 2.88. The van der Waals surface area contributed by atoms with Gasteiger partial charge in [-0.25, -0.2) is 0 Å². The zero-order chi connectivity index (χ0) is 13.4. The Morgan fingerprint density at radius 3 is 2.95 bits per heavy atom. The highest BCUT2D eigenvalue weighted by Gasteiger charge is 2.29. The molecule has 102 valence electrons. The second kappa shape index (κ2) is 5.14. The maximum absolute atomic E-state index is 11.9. The van der Waals surface area contributed by atoms with Crippen molar-refractivity contribution in [2.45, 2.75) is 37.8 Å². The number of likely N-dealkylation sites (N-methyl/N-ethyl adjacent to an activating group) is 1. The number of hydrogen-bond donors (Lipinski definition) is 1. The number of carbonyl (C=O) groups is 1. The smallest absolute Gasteiger partial charge is 0.234 e. The molecule has 0 aromatic heterocycles. The molecule has 0 radical (unpaired) electrons. The molecule has 0 spiro atoms. The van der Waals surface area contributed by atoms with Gasteiger partial charge in [-0.05, 0) is 49.9 Å². The standard InChI is InChI=1S/C15H19ClN2O/c1-18(9-15(19)17-10-5-6-10)14-8-7-11-12(14)3-2-4-13(11)16/h2-4,10,14H,5-9H2,1H3,(H,17,19)/t14-/m1/s1. The number of nitrogens with one attached hydrogen (secondary N) is 1. The van der Waals surface area contributed by atoms with E-state index in [4.69, 9.17) is 11.6 Å². The van der Waals surface area contributed by atoms with Gasteiger partial charge in [-0.3, -0.25) is 9.69 Å². The van der Waals surface area contributed by atoms with Crippen molar-refractivity contribution in [1.82, 2.24) is 10.2 Å². The minimum absolute atomic E-state index is 0.139. The van der Waals surface area contributed by atoms with Gasteiger partial charge in [-0.1, -0.05) is 23.7 Å². The molecule has 3 rings (SSSR count). The van der Waals surface area contributed by atoms with Crippen molar-refractivity contribution in [3.63, 3.8) is 0 Å². The van der Waals surface area contributed by atoms with Crippen molar-refractivity contribution in [3.05, 3.63) is 34.3 Å². The second-order valence-corrected chi connectivity index (χ2v) is 6.03. The Kier molecular flexibility index (Phi) is 3.50. The minimum atomic E-state index is 0.139. The molecule has 0 bridgehead atoms. The quantitative estimate of drug-likeness (QED) is 0.918. The van der Waals surface area contributed by atoms with E-state index in [1.165, 1.54) is 11.1 Å². The number of hydrogen-bond acceptors (Lipinski definition) is 2. The summed E-state index contributed by atoms with van der Waals surface area (Å²) in [5.74, 6) is 0.139. The zero-order valence-electron chi connectivity index (χ0n) is 11.2. The summed E-state index contributed by atoms with van der Waals surface area (Å²) >= 11 is 6.22. The Morgan fingerprint density at radius 1 is 1.42 bits per heavy atom. The summed E-state index contributed by atoms with van der Waals surface area (Å²) in [4.78, 5) is 14.0. The van der Waals surface area contributed by atoms with Crippen LogP contribution in [-0.4, -0.2) is 30.4 Å². The third-order valence-electron chi connectivity index (χ3n) is 4.05. The third kappa shape index (κ3) is 2.77. The fourth-order valence-corrected chi connectivity index (χ4v) is 3.16. The lowest BCUT2D eigenvalue weighted by molar-refractivity contribution is -0.122. The van der Waals surface area contributed by atoms with Crippen molar-refractivity contribution in [2.24, 2.45) is 0 Å². The Morgan fingerprint density at radius 2 is 2.21 bits per heavy atom. The summed E-state index contributed by atoms with van der Waals surface area (Å²) < 4.78 is 0. The number of fused-ring (bicyclic) bond motifs is 1. The summed E-state index contributed by atoms with van der Waals surface area (Å²) in [7, 11) is 2.02. The van der Waals surface area contributed by atoms with Gasteiger partial charge < -0.3 is 5.32 Å². The lowest BCUT2D eigenvalue weighted by Crippen LogP contribution is -2.37. The van der Waals surface area contributed by atoms with Crippen LogP contribution in [0.15, 0.2) is 18.2 Å². The Bertz CT molecular complexity index is 499. The molecule has 0 unspecified atom stereocenters. The van der Waals surface area contributed by atoms with Crippen molar-refractivity contribution >= 4 is 17.5 Å². The molecule has 1 fully saturated rings. The molecule has 1 aromatic carbocycles. The summed E-state index contributed by atoms with van der Waals surface area (Å²) in [5, 5.41) is 3.89. The summed E-state index contributed by atoms with van der Waals surface area (Å²) in [6.07, 6.45) is 4.33. The van der Waals surface area contributed by atoms with Crippen LogP contribution in [0.2, 0.25) is 5.02 Å². The molecule has 1 amide bonds. The Hall–Kier alpha value is -1.06. The topological polar surface area (TPSA) is 32.3 Å². The monoisotopic (exact) mass is 278 g/mol. The van der Waals surface area contributed by atoms with Crippen LogP contribution in [0, 0.1) is 0 Å². The molecule has 1 N–H and O–H groups in total. The normalized spacial score (nSPS) is 21.5. The molecular formula is C15H19ClN2O. The fraction of sp³-hybridized carbons (Fsp3) is 0.533. The van der Waals surface area contributed by atoms with E-state index < -0.39 is 0 Å². The first-order chi connectivity index (χ1) is 9.15. The van der Waals surface area contributed by atoms with Crippen LogP contribution in [0.25, 0.3) is 0 Å². The lowest BCUT2D eigenvalue weighted by Gasteiger charge is -2.24. The van der Waals surface area contributed by atoms with E-state index in [0.717, 1.165) is 30.7 Å². The lowest BCUT2D eigenvalue weighted by atomic mass is 10.1. The molecule has 4 heteroatoms. The molecule has 1 saturated carbocycles. The predicted molar refractivity (Wildman–Crippen MR) is 76.3 cm³/mol. The highest BCUT2D eigenvalue weighted by Crippen LogP contribution is 2.38.